The fourth-order valence-electron chi connectivity index (χ4n) is 3.14. The number of carbonyl (C=O) groups excluding carboxylic acids is 1. The second-order valence-corrected chi connectivity index (χ2v) is 9.68. The van der Waals surface area contributed by atoms with Crippen LogP contribution in [0.25, 0.3) is 0 Å². The Hall–Kier alpha value is -3.32. The molecule has 0 fully saturated rings. The van der Waals surface area contributed by atoms with E-state index in [0.29, 0.717) is 24.4 Å². The van der Waals surface area contributed by atoms with Gasteiger partial charge in [0.2, 0.25) is 0 Å². The van der Waals surface area contributed by atoms with Crippen LogP contribution in [0.15, 0.2) is 71.6 Å². The van der Waals surface area contributed by atoms with Gasteiger partial charge in [0.15, 0.2) is 0 Å². The Labute approximate surface area is 189 Å². The summed E-state index contributed by atoms with van der Waals surface area (Å²) < 4.78 is 32.8. The van der Waals surface area contributed by atoms with Gasteiger partial charge in [-0.15, -0.1) is 0 Å². The van der Waals surface area contributed by atoms with Crippen LogP contribution < -0.4 is 14.4 Å². The van der Waals surface area contributed by atoms with Crippen LogP contribution in [-0.4, -0.2) is 34.5 Å². The molecule has 0 radical (unpaired) electrons. The zero-order chi connectivity index (χ0) is 23.3. The van der Waals surface area contributed by atoms with Crippen molar-refractivity contribution >= 4 is 21.6 Å². The molecular formula is C25H28N2O4S. The van der Waals surface area contributed by atoms with Crippen LogP contribution in [0.3, 0.4) is 0 Å². The minimum Gasteiger partial charge on any atom is -0.491 e. The van der Waals surface area contributed by atoms with Gasteiger partial charge in [-0.2, -0.15) is 0 Å². The molecule has 168 valence electrons. The number of anilines is 1. The monoisotopic (exact) mass is 452 g/mol. The first-order valence-electron chi connectivity index (χ1n) is 10.3. The van der Waals surface area contributed by atoms with Crippen LogP contribution in [0, 0.1) is 20.8 Å². The molecule has 0 aromatic heterocycles. The predicted octanol–water partition coefficient (Wildman–Crippen LogP) is 4.25. The van der Waals surface area contributed by atoms with E-state index in [9.17, 15) is 13.2 Å². The number of aryl methyl sites for hydroxylation is 3. The van der Waals surface area contributed by atoms with Crippen LogP contribution in [0.5, 0.6) is 5.75 Å². The van der Waals surface area contributed by atoms with Gasteiger partial charge < -0.3 is 10.1 Å². The fourth-order valence-corrected chi connectivity index (χ4v) is 4.33. The van der Waals surface area contributed by atoms with Crippen molar-refractivity contribution in [2.24, 2.45) is 0 Å². The summed E-state index contributed by atoms with van der Waals surface area (Å²) in [4.78, 5) is 12.8. The van der Waals surface area contributed by atoms with E-state index in [1.807, 2.05) is 39.0 Å². The van der Waals surface area contributed by atoms with Crippen molar-refractivity contribution in [3.8, 4) is 5.75 Å². The van der Waals surface area contributed by atoms with E-state index in [0.717, 1.165) is 22.4 Å². The second kappa shape index (κ2) is 9.87. The van der Waals surface area contributed by atoms with Gasteiger partial charge in [0.1, 0.15) is 12.4 Å². The summed E-state index contributed by atoms with van der Waals surface area (Å²) in [6.45, 7) is 6.53. The molecule has 0 unspecified atom stereocenters. The van der Waals surface area contributed by atoms with Crippen molar-refractivity contribution < 1.29 is 17.9 Å². The number of ether oxygens (including phenoxy) is 1. The quantitative estimate of drug-likeness (QED) is 0.519. The molecule has 0 aliphatic carbocycles. The first-order valence-corrected chi connectivity index (χ1v) is 11.8. The fraction of sp³-hybridized carbons (Fsp3) is 0.240. The Bertz CT molecular complexity index is 1200. The summed E-state index contributed by atoms with van der Waals surface area (Å²) in [6.07, 6.45) is 0. The maximum absolute atomic E-state index is 12.9. The Kier molecular flexibility index (Phi) is 7.20. The Morgan fingerprint density at radius 3 is 2.34 bits per heavy atom. The molecule has 0 heterocycles. The zero-order valence-corrected chi connectivity index (χ0v) is 19.6. The summed E-state index contributed by atoms with van der Waals surface area (Å²) in [7, 11) is -2.25. The summed E-state index contributed by atoms with van der Waals surface area (Å²) >= 11 is 0. The van der Waals surface area contributed by atoms with Crippen molar-refractivity contribution in [1.29, 1.82) is 0 Å². The van der Waals surface area contributed by atoms with E-state index in [1.165, 1.54) is 11.4 Å². The molecule has 32 heavy (non-hydrogen) atoms. The lowest BCUT2D eigenvalue weighted by molar-refractivity contribution is 0.0947. The van der Waals surface area contributed by atoms with Gasteiger partial charge in [0, 0.05) is 12.6 Å². The van der Waals surface area contributed by atoms with Gasteiger partial charge in [-0.05, 0) is 68.3 Å². The zero-order valence-electron chi connectivity index (χ0n) is 18.8. The van der Waals surface area contributed by atoms with E-state index in [1.54, 1.807) is 48.5 Å². The van der Waals surface area contributed by atoms with Gasteiger partial charge in [0.05, 0.1) is 17.1 Å². The Morgan fingerprint density at radius 2 is 1.62 bits per heavy atom. The van der Waals surface area contributed by atoms with Crippen LogP contribution in [-0.2, 0) is 10.0 Å². The highest BCUT2D eigenvalue weighted by Crippen LogP contribution is 2.23. The molecule has 0 bridgehead atoms. The standard InChI is InChI=1S/C25H28N2O4S/c1-18-9-12-23(13-10-18)32(29,30)27(4)22-7-5-6-21(17-22)25(28)26-14-15-31-24-16-19(2)8-11-20(24)3/h5-13,16-17H,14-15H2,1-4H3,(H,26,28). The predicted molar refractivity (Wildman–Crippen MR) is 127 cm³/mol. The second-order valence-electron chi connectivity index (χ2n) is 7.71. The number of hydrogen-bond acceptors (Lipinski definition) is 4. The van der Waals surface area contributed by atoms with Gasteiger partial charge in [-0.3, -0.25) is 9.10 Å². The number of amides is 1. The summed E-state index contributed by atoms with van der Waals surface area (Å²) in [5, 5.41) is 2.81. The first kappa shape index (κ1) is 23.3. The van der Waals surface area contributed by atoms with Gasteiger partial charge in [-0.1, -0.05) is 35.9 Å². The normalized spacial score (nSPS) is 11.1. The lowest BCUT2D eigenvalue weighted by Crippen LogP contribution is -2.29. The lowest BCUT2D eigenvalue weighted by Gasteiger charge is -2.20. The molecule has 0 spiro atoms. The number of nitrogens with one attached hydrogen (secondary N) is 1. The van der Waals surface area contributed by atoms with E-state index in [2.05, 4.69) is 5.32 Å². The maximum atomic E-state index is 12.9. The smallest absolute Gasteiger partial charge is 0.264 e. The molecule has 0 saturated heterocycles. The van der Waals surface area contributed by atoms with Crippen LogP contribution >= 0.6 is 0 Å². The lowest BCUT2D eigenvalue weighted by atomic mass is 10.1. The number of rotatable bonds is 8. The van der Waals surface area contributed by atoms with Crippen molar-refractivity contribution in [2.45, 2.75) is 25.7 Å². The molecule has 3 aromatic rings. The molecule has 0 aliphatic heterocycles. The molecule has 1 amide bonds. The van der Waals surface area contributed by atoms with Crippen LogP contribution in [0.2, 0.25) is 0 Å². The van der Waals surface area contributed by atoms with Crippen molar-refractivity contribution in [2.75, 3.05) is 24.5 Å². The van der Waals surface area contributed by atoms with Crippen molar-refractivity contribution in [3.05, 3.63) is 89.0 Å². The molecule has 7 heteroatoms. The largest absolute Gasteiger partial charge is 0.491 e. The van der Waals surface area contributed by atoms with Gasteiger partial charge in [0.25, 0.3) is 15.9 Å². The summed E-state index contributed by atoms with van der Waals surface area (Å²) in [5.74, 6) is 0.502. The molecule has 0 saturated carbocycles. The molecular weight excluding hydrogens is 424 g/mol. The van der Waals surface area contributed by atoms with E-state index in [-0.39, 0.29) is 10.8 Å². The molecule has 6 nitrogen and oxygen atoms in total. The number of carbonyl (C=O) groups is 1. The molecule has 3 rings (SSSR count). The third-order valence-electron chi connectivity index (χ3n) is 5.14. The van der Waals surface area contributed by atoms with Crippen molar-refractivity contribution in [3.63, 3.8) is 0 Å². The van der Waals surface area contributed by atoms with Gasteiger partial charge in [-0.25, -0.2) is 8.42 Å². The Morgan fingerprint density at radius 1 is 0.938 bits per heavy atom. The summed E-state index contributed by atoms with van der Waals surface area (Å²) in [6, 6.07) is 19.2. The minimum atomic E-state index is -3.73. The molecule has 0 aliphatic rings. The average Bonchev–Trinajstić information content (AvgIpc) is 2.78. The third-order valence-corrected chi connectivity index (χ3v) is 6.94. The topological polar surface area (TPSA) is 75.7 Å². The molecule has 3 aromatic carbocycles. The van der Waals surface area contributed by atoms with Crippen molar-refractivity contribution in [1.82, 2.24) is 5.32 Å². The molecule has 0 atom stereocenters. The average molecular weight is 453 g/mol. The first-order chi connectivity index (χ1) is 15.2. The number of sulfonamides is 1. The number of hydrogen-bond donors (Lipinski definition) is 1. The SMILES string of the molecule is Cc1ccc(S(=O)(=O)N(C)c2cccc(C(=O)NCCOc3cc(C)ccc3C)c2)cc1. The number of nitrogens with zero attached hydrogens (tertiary/aromatic N) is 1. The van der Waals surface area contributed by atoms with E-state index in [4.69, 9.17) is 4.74 Å². The highest BCUT2D eigenvalue weighted by atomic mass is 32.2. The van der Waals surface area contributed by atoms with E-state index >= 15 is 0 Å². The van der Waals surface area contributed by atoms with Gasteiger partial charge >= 0.3 is 0 Å². The Balaban J connectivity index is 1.64. The molecule has 1 N–H and O–H groups in total. The highest BCUT2D eigenvalue weighted by molar-refractivity contribution is 7.92. The highest BCUT2D eigenvalue weighted by Gasteiger charge is 2.21. The maximum Gasteiger partial charge on any atom is 0.264 e. The third kappa shape index (κ3) is 5.48. The van der Waals surface area contributed by atoms with Crippen LogP contribution in [0.1, 0.15) is 27.0 Å². The van der Waals surface area contributed by atoms with E-state index < -0.39 is 10.0 Å². The van der Waals surface area contributed by atoms with Crippen LogP contribution in [0.4, 0.5) is 5.69 Å². The summed E-state index contributed by atoms with van der Waals surface area (Å²) in [5.41, 5.74) is 3.90. The number of benzene rings is 3. The minimum absolute atomic E-state index is 0.198.